The maximum Gasteiger partial charge on any atom is 0.410 e. The van der Waals surface area contributed by atoms with Gasteiger partial charge in [0, 0.05) is 28.8 Å². The van der Waals surface area contributed by atoms with E-state index >= 15 is 0 Å². The zero-order valence-electron chi connectivity index (χ0n) is 13.2. The molecule has 1 heterocycles. The molecule has 1 aliphatic rings. The summed E-state index contributed by atoms with van der Waals surface area (Å²) in [4.78, 5) is 13.9. The molecule has 22 heavy (non-hydrogen) atoms. The molecule has 0 bridgehead atoms. The quantitative estimate of drug-likeness (QED) is 0.733. The fourth-order valence-corrected chi connectivity index (χ4v) is 2.73. The summed E-state index contributed by atoms with van der Waals surface area (Å²) in [5.41, 5.74) is 1.14. The third-order valence-electron chi connectivity index (χ3n) is 3.34. The summed E-state index contributed by atoms with van der Waals surface area (Å²) in [6.45, 7) is 7.03. The van der Waals surface area contributed by atoms with Crippen molar-refractivity contribution in [3.05, 3.63) is 28.2 Å². The van der Waals surface area contributed by atoms with Crippen LogP contribution in [0.2, 0.25) is 0 Å². The van der Waals surface area contributed by atoms with Crippen molar-refractivity contribution < 1.29 is 14.6 Å². The monoisotopic (exact) mass is 370 g/mol. The molecule has 0 saturated carbocycles. The Morgan fingerprint density at radius 3 is 2.86 bits per heavy atom. The third-order valence-corrected chi connectivity index (χ3v) is 3.83. The van der Waals surface area contributed by atoms with Crippen molar-refractivity contribution in [2.24, 2.45) is 0 Å². The van der Waals surface area contributed by atoms with Gasteiger partial charge in [-0.15, -0.1) is 0 Å². The molecular formula is C16H23BrN2O3. The normalized spacial score (nSPS) is 19.3. The molecule has 0 spiro atoms. The average Bonchev–Trinajstić information content (AvgIpc) is 2.47. The lowest BCUT2D eigenvalue weighted by molar-refractivity contribution is 0.0146. The van der Waals surface area contributed by atoms with Gasteiger partial charge in [-0.25, -0.2) is 4.79 Å². The molecule has 0 fully saturated rings. The maximum atomic E-state index is 12.3. The fraction of sp³-hybridized carbons (Fsp3) is 0.562. The Morgan fingerprint density at radius 2 is 2.18 bits per heavy atom. The Kier molecular flexibility index (Phi) is 5.34. The van der Waals surface area contributed by atoms with E-state index in [0.717, 1.165) is 28.7 Å². The molecule has 122 valence electrons. The van der Waals surface area contributed by atoms with Crippen LogP contribution in [-0.2, 0) is 4.74 Å². The number of fused-ring (bicyclic) bond motifs is 1. The zero-order valence-corrected chi connectivity index (χ0v) is 14.8. The molecule has 1 amide bonds. The van der Waals surface area contributed by atoms with Crippen molar-refractivity contribution in [2.45, 2.75) is 38.9 Å². The van der Waals surface area contributed by atoms with E-state index in [0.29, 0.717) is 6.54 Å². The van der Waals surface area contributed by atoms with Gasteiger partial charge in [-0.3, -0.25) is 0 Å². The van der Waals surface area contributed by atoms with Crippen molar-refractivity contribution in [1.29, 1.82) is 0 Å². The van der Waals surface area contributed by atoms with Crippen LogP contribution in [0.25, 0.3) is 0 Å². The summed E-state index contributed by atoms with van der Waals surface area (Å²) >= 11 is 3.42. The SMILES string of the molecule is CC(C)(C)OC(=O)N1CCCNc2ccc(Br)cc2[C@H](O)C1. The Bertz CT molecular complexity index is 543. The Morgan fingerprint density at radius 1 is 1.45 bits per heavy atom. The summed E-state index contributed by atoms with van der Waals surface area (Å²) in [5.74, 6) is 0. The number of hydrogen-bond acceptors (Lipinski definition) is 4. The van der Waals surface area contributed by atoms with Crippen LogP contribution in [0.1, 0.15) is 38.9 Å². The number of rotatable bonds is 0. The van der Waals surface area contributed by atoms with Gasteiger partial charge < -0.3 is 20.1 Å². The van der Waals surface area contributed by atoms with Gasteiger partial charge in [-0.2, -0.15) is 0 Å². The summed E-state index contributed by atoms with van der Waals surface area (Å²) in [6.07, 6.45) is -0.350. The highest BCUT2D eigenvalue weighted by molar-refractivity contribution is 9.10. The first kappa shape index (κ1) is 17.1. The van der Waals surface area contributed by atoms with Crippen LogP contribution in [0.5, 0.6) is 0 Å². The van der Waals surface area contributed by atoms with Gasteiger partial charge in [-0.1, -0.05) is 15.9 Å². The topological polar surface area (TPSA) is 61.8 Å². The number of aliphatic hydroxyl groups excluding tert-OH is 1. The second kappa shape index (κ2) is 6.87. The minimum Gasteiger partial charge on any atom is -0.444 e. The Labute approximate surface area is 139 Å². The Balaban J connectivity index is 2.19. The number of hydrogen-bond donors (Lipinski definition) is 2. The number of amides is 1. The molecule has 0 saturated heterocycles. The second-order valence-electron chi connectivity index (χ2n) is 6.45. The number of benzene rings is 1. The number of ether oxygens (including phenoxy) is 1. The van der Waals surface area contributed by atoms with Crippen LogP contribution in [0.4, 0.5) is 10.5 Å². The van der Waals surface area contributed by atoms with E-state index in [4.69, 9.17) is 4.74 Å². The number of anilines is 1. The Hall–Kier alpha value is -1.27. The van der Waals surface area contributed by atoms with E-state index in [-0.39, 0.29) is 12.6 Å². The molecule has 1 aromatic rings. The van der Waals surface area contributed by atoms with Crippen LogP contribution in [0, 0.1) is 0 Å². The standard InChI is InChI=1S/C16H23BrN2O3/c1-16(2,3)22-15(21)19-8-4-7-18-13-6-5-11(17)9-12(13)14(20)10-19/h5-6,9,14,18,20H,4,7-8,10H2,1-3H3/t14-/m1/s1. The first-order valence-electron chi connectivity index (χ1n) is 7.45. The van der Waals surface area contributed by atoms with Crippen molar-refractivity contribution >= 4 is 27.7 Å². The molecule has 6 heteroatoms. The molecule has 0 aliphatic carbocycles. The van der Waals surface area contributed by atoms with Gasteiger partial charge in [0.1, 0.15) is 5.60 Å². The zero-order chi connectivity index (χ0) is 16.3. The van der Waals surface area contributed by atoms with Crippen LogP contribution in [0.15, 0.2) is 22.7 Å². The summed E-state index contributed by atoms with van der Waals surface area (Å²) < 4.78 is 6.32. The lowest BCUT2D eigenvalue weighted by atomic mass is 10.1. The van der Waals surface area contributed by atoms with E-state index in [9.17, 15) is 9.90 Å². The molecule has 0 radical (unpaired) electrons. The number of nitrogens with one attached hydrogen (secondary N) is 1. The molecule has 0 aromatic heterocycles. The van der Waals surface area contributed by atoms with Gasteiger partial charge in [-0.05, 0) is 45.4 Å². The summed E-state index contributed by atoms with van der Waals surface area (Å²) in [6, 6.07) is 5.75. The number of carbonyl (C=O) groups excluding carboxylic acids is 1. The number of β-amino-alcohol motifs (C(OH)–C–C–N with tert-alkyl or cyclic N) is 1. The predicted octanol–water partition coefficient (Wildman–Crippen LogP) is 3.54. The third kappa shape index (κ3) is 4.61. The highest BCUT2D eigenvalue weighted by Gasteiger charge is 2.26. The van der Waals surface area contributed by atoms with E-state index in [2.05, 4.69) is 21.2 Å². The minimum absolute atomic E-state index is 0.222. The molecule has 1 aliphatic heterocycles. The molecule has 0 unspecified atom stereocenters. The number of carbonyl (C=O) groups is 1. The molecule has 2 rings (SSSR count). The van der Waals surface area contributed by atoms with E-state index in [1.807, 2.05) is 39.0 Å². The smallest absolute Gasteiger partial charge is 0.410 e. The highest BCUT2D eigenvalue weighted by atomic mass is 79.9. The first-order chi connectivity index (χ1) is 10.3. The molecular weight excluding hydrogens is 348 g/mol. The van der Waals surface area contributed by atoms with Crippen molar-refractivity contribution in [3.63, 3.8) is 0 Å². The largest absolute Gasteiger partial charge is 0.444 e. The number of nitrogens with zero attached hydrogens (tertiary/aromatic N) is 1. The van der Waals surface area contributed by atoms with Crippen LogP contribution < -0.4 is 5.32 Å². The van der Waals surface area contributed by atoms with Crippen molar-refractivity contribution in [2.75, 3.05) is 25.0 Å². The van der Waals surface area contributed by atoms with Gasteiger partial charge in [0.25, 0.3) is 0 Å². The number of aliphatic hydroxyl groups is 1. The molecule has 5 nitrogen and oxygen atoms in total. The van der Waals surface area contributed by atoms with Crippen LogP contribution in [-0.4, -0.2) is 41.3 Å². The van der Waals surface area contributed by atoms with Crippen molar-refractivity contribution in [1.82, 2.24) is 4.90 Å². The van der Waals surface area contributed by atoms with Crippen LogP contribution >= 0.6 is 15.9 Å². The van der Waals surface area contributed by atoms with Gasteiger partial charge in [0.05, 0.1) is 12.6 Å². The lowest BCUT2D eigenvalue weighted by Crippen LogP contribution is -2.39. The summed E-state index contributed by atoms with van der Waals surface area (Å²) in [7, 11) is 0. The fourth-order valence-electron chi connectivity index (χ4n) is 2.35. The summed E-state index contributed by atoms with van der Waals surface area (Å²) in [5, 5.41) is 13.8. The van der Waals surface area contributed by atoms with Gasteiger partial charge in [0.15, 0.2) is 0 Å². The van der Waals surface area contributed by atoms with Crippen LogP contribution in [0.3, 0.4) is 0 Å². The van der Waals surface area contributed by atoms with Crippen molar-refractivity contribution in [3.8, 4) is 0 Å². The molecule has 2 N–H and O–H groups in total. The molecule has 1 atom stereocenters. The van der Waals surface area contributed by atoms with E-state index < -0.39 is 11.7 Å². The first-order valence-corrected chi connectivity index (χ1v) is 8.25. The van der Waals surface area contributed by atoms with E-state index in [1.54, 1.807) is 4.90 Å². The second-order valence-corrected chi connectivity index (χ2v) is 7.37. The van der Waals surface area contributed by atoms with Gasteiger partial charge in [0.2, 0.25) is 0 Å². The number of halogens is 1. The molecule has 1 aromatic carbocycles. The highest BCUT2D eigenvalue weighted by Crippen LogP contribution is 2.28. The lowest BCUT2D eigenvalue weighted by Gasteiger charge is -2.28. The predicted molar refractivity (Wildman–Crippen MR) is 90.0 cm³/mol. The van der Waals surface area contributed by atoms with Gasteiger partial charge >= 0.3 is 6.09 Å². The van der Waals surface area contributed by atoms with E-state index in [1.165, 1.54) is 0 Å². The minimum atomic E-state index is -0.759. The average molecular weight is 371 g/mol. The maximum absolute atomic E-state index is 12.3.